The van der Waals surface area contributed by atoms with E-state index in [1.165, 1.54) is 60.7 Å². The second-order valence-corrected chi connectivity index (χ2v) is 14.1. The van der Waals surface area contributed by atoms with Gasteiger partial charge in [0.25, 0.3) is 5.91 Å². The van der Waals surface area contributed by atoms with Crippen molar-refractivity contribution in [1.82, 2.24) is 5.32 Å². The van der Waals surface area contributed by atoms with Gasteiger partial charge in [0.1, 0.15) is 5.75 Å². The summed E-state index contributed by atoms with van der Waals surface area (Å²) >= 11 is 0. The van der Waals surface area contributed by atoms with Gasteiger partial charge in [-0.15, -0.1) is 0 Å². The molecule has 1 amide bonds. The molecule has 284 valence electrons. The van der Waals surface area contributed by atoms with Crippen molar-refractivity contribution < 1.29 is 54.1 Å². The summed E-state index contributed by atoms with van der Waals surface area (Å²) in [4.78, 5) is 21.9. The van der Waals surface area contributed by atoms with Crippen LogP contribution in [0, 0.1) is 0 Å². The molecule has 0 saturated carbocycles. The van der Waals surface area contributed by atoms with Crippen LogP contribution in [0.1, 0.15) is 46.8 Å². The number of nitrogens with zero attached hydrogens (tertiary/aromatic N) is 4. The van der Waals surface area contributed by atoms with E-state index in [1.54, 1.807) is 18.2 Å². The molecule has 4 aromatic rings. The van der Waals surface area contributed by atoms with Crippen molar-refractivity contribution in [3.63, 3.8) is 0 Å². The number of sulfone groups is 1. The number of benzene rings is 4. The van der Waals surface area contributed by atoms with Crippen LogP contribution in [0.25, 0.3) is 10.4 Å². The highest BCUT2D eigenvalue weighted by atomic mass is 32.2. The maximum Gasteiger partial charge on any atom is 0.416 e. The molecule has 2 N–H and O–H groups in total. The Morgan fingerprint density at radius 1 is 0.944 bits per heavy atom. The second-order valence-electron chi connectivity index (χ2n) is 12.0. The van der Waals surface area contributed by atoms with Crippen LogP contribution in [-0.4, -0.2) is 49.8 Å². The Morgan fingerprint density at radius 2 is 1.57 bits per heavy atom. The number of aliphatic hydroxyl groups excluding tert-OH is 1. The Kier molecular flexibility index (Phi) is 11.9. The molecule has 0 radical (unpaired) electrons. The fourth-order valence-corrected chi connectivity index (χ4v) is 7.08. The molecule has 4 aromatic carbocycles. The van der Waals surface area contributed by atoms with Gasteiger partial charge in [0, 0.05) is 47.7 Å². The van der Waals surface area contributed by atoms with Gasteiger partial charge in [0.15, 0.2) is 21.5 Å². The SMILES string of the molecule is [N-]=[N+]=Nc1ccccc1[C@H]1OC(c2ccc(OCCCO)cc2)=N[C@@]1(CCS(=O)(=O)c1ccccc1)C(=O)NCc1cc(C(F)(F)F)cc(C(F)(F)F)c1. The lowest BCUT2D eigenvalue weighted by molar-refractivity contribution is -0.143. The Morgan fingerprint density at radius 3 is 2.19 bits per heavy atom. The molecule has 54 heavy (non-hydrogen) atoms. The van der Waals surface area contributed by atoms with Crippen LogP contribution in [0.3, 0.4) is 0 Å². The first-order valence-corrected chi connectivity index (χ1v) is 17.8. The van der Waals surface area contributed by atoms with Crippen molar-refractivity contribution in [3.8, 4) is 5.75 Å². The molecule has 0 bridgehead atoms. The van der Waals surface area contributed by atoms with Crippen LogP contribution in [-0.2, 0) is 38.3 Å². The number of ether oxygens (including phenoxy) is 2. The molecule has 1 aliphatic rings. The van der Waals surface area contributed by atoms with Crippen LogP contribution in [0.15, 0.2) is 112 Å². The lowest BCUT2D eigenvalue weighted by Gasteiger charge is -2.31. The molecule has 0 fully saturated rings. The van der Waals surface area contributed by atoms with Crippen molar-refractivity contribution in [2.45, 2.75) is 48.3 Å². The van der Waals surface area contributed by atoms with E-state index in [-0.39, 0.29) is 46.9 Å². The largest absolute Gasteiger partial charge is 0.494 e. The molecule has 0 spiro atoms. The number of alkyl halides is 6. The molecule has 0 aromatic heterocycles. The van der Waals surface area contributed by atoms with E-state index < -0.39 is 75.1 Å². The van der Waals surface area contributed by atoms with Crippen molar-refractivity contribution in [2.24, 2.45) is 10.1 Å². The van der Waals surface area contributed by atoms with E-state index in [2.05, 4.69) is 20.3 Å². The van der Waals surface area contributed by atoms with Crippen molar-refractivity contribution in [2.75, 3.05) is 19.0 Å². The number of hydrogen-bond acceptors (Lipinski definition) is 8. The number of rotatable bonds is 14. The third-order valence-electron chi connectivity index (χ3n) is 8.36. The highest BCUT2D eigenvalue weighted by molar-refractivity contribution is 7.91. The smallest absolute Gasteiger partial charge is 0.416 e. The molecular formula is C36H31F6N5O6S. The number of carbonyl (C=O) groups is 1. The fraction of sp³-hybridized carbons (Fsp3) is 0.278. The molecule has 1 aliphatic heterocycles. The molecule has 2 atom stereocenters. The predicted molar refractivity (Wildman–Crippen MR) is 183 cm³/mol. The van der Waals surface area contributed by atoms with Gasteiger partial charge < -0.3 is 19.9 Å². The zero-order valence-electron chi connectivity index (χ0n) is 28.0. The van der Waals surface area contributed by atoms with Crippen LogP contribution >= 0.6 is 0 Å². The Hall–Kier alpha value is -5.58. The molecular weight excluding hydrogens is 744 g/mol. The summed E-state index contributed by atoms with van der Waals surface area (Å²) < 4.78 is 121. The Balaban J connectivity index is 1.63. The van der Waals surface area contributed by atoms with E-state index >= 15 is 0 Å². The van der Waals surface area contributed by atoms with Crippen LogP contribution < -0.4 is 10.1 Å². The van der Waals surface area contributed by atoms with Gasteiger partial charge in [-0.05, 0) is 65.7 Å². The number of azide groups is 1. The van der Waals surface area contributed by atoms with E-state index in [1.807, 2.05) is 0 Å². The monoisotopic (exact) mass is 775 g/mol. The van der Waals surface area contributed by atoms with Gasteiger partial charge in [-0.25, -0.2) is 13.4 Å². The summed E-state index contributed by atoms with van der Waals surface area (Å²) in [6.07, 6.45) is -12.1. The maximum absolute atomic E-state index is 14.5. The van der Waals surface area contributed by atoms with Crippen molar-refractivity contribution in [1.29, 1.82) is 0 Å². The first-order chi connectivity index (χ1) is 25.6. The van der Waals surface area contributed by atoms with Gasteiger partial charge in [-0.3, -0.25) is 4.79 Å². The number of nitrogens with one attached hydrogen (secondary N) is 1. The summed E-state index contributed by atoms with van der Waals surface area (Å²) in [5.41, 5.74) is 3.66. The van der Waals surface area contributed by atoms with Gasteiger partial charge >= 0.3 is 12.4 Å². The number of carbonyl (C=O) groups excluding carboxylic acids is 1. The Bertz CT molecular complexity index is 2130. The van der Waals surface area contributed by atoms with Gasteiger partial charge in [0.2, 0.25) is 5.90 Å². The highest BCUT2D eigenvalue weighted by Crippen LogP contribution is 2.46. The molecule has 18 heteroatoms. The summed E-state index contributed by atoms with van der Waals surface area (Å²) in [6.45, 7) is -0.738. The topological polar surface area (TPSA) is 163 Å². The fourth-order valence-electron chi connectivity index (χ4n) is 5.69. The third-order valence-corrected chi connectivity index (χ3v) is 10.1. The van der Waals surface area contributed by atoms with Crippen LogP contribution in [0.5, 0.6) is 5.75 Å². The van der Waals surface area contributed by atoms with Gasteiger partial charge in [0.05, 0.1) is 28.4 Å². The average Bonchev–Trinajstić information content (AvgIpc) is 3.54. The summed E-state index contributed by atoms with van der Waals surface area (Å²) in [6, 6.07) is 20.2. The molecule has 11 nitrogen and oxygen atoms in total. The quantitative estimate of drug-likeness (QED) is 0.0436. The number of aliphatic hydroxyl groups is 1. The normalized spacial score (nSPS) is 17.2. The molecule has 0 unspecified atom stereocenters. The minimum absolute atomic E-state index is 0.0233. The Labute approximate surface area is 304 Å². The summed E-state index contributed by atoms with van der Waals surface area (Å²) in [5, 5.41) is 15.1. The maximum atomic E-state index is 14.5. The average molecular weight is 776 g/mol. The van der Waals surface area contributed by atoms with Crippen molar-refractivity contribution >= 4 is 27.3 Å². The summed E-state index contributed by atoms with van der Waals surface area (Å²) in [7, 11) is -4.13. The summed E-state index contributed by atoms with van der Waals surface area (Å²) in [5.74, 6) is -1.59. The zero-order chi connectivity index (χ0) is 39.1. The first kappa shape index (κ1) is 39.6. The lowest BCUT2D eigenvalue weighted by Crippen LogP contribution is -2.49. The van der Waals surface area contributed by atoms with Gasteiger partial charge in [-0.2, -0.15) is 26.3 Å². The second kappa shape index (κ2) is 16.2. The van der Waals surface area contributed by atoms with Crippen molar-refractivity contribution in [3.05, 3.63) is 135 Å². The molecule has 0 aliphatic carbocycles. The van der Waals surface area contributed by atoms with Gasteiger partial charge in [-0.1, -0.05) is 47.6 Å². The van der Waals surface area contributed by atoms with Crippen LogP contribution in [0.2, 0.25) is 0 Å². The minimum Gasteiger partial charge on any atom is -0.494 e. The standard InChI is InChI=1S/C36H31F6N5O6S/c37-35(38,39)25-19-23(20-26(21-25)36(40,41)42)22-44-33(49)34(15-18-54(50,51)28-7-2-1-3-8-28)31(29-9-4-5-10-30(29)46-47-43)53-32(45-34)24-11-13-27(14-12-24)52-17-6-16-48/h1-5,7-14,19-21,31,48H,6,15-18,22H2,(H,44,49)/t31-,34-/m1/s1. The number of aliphatic imine (C=N–C) groups is 1. The number of halogens is 6. The molecule has 5 rings (SSSR count). The minimum atomic E-state index is -5.15. The van der Waals surface area contributed by atoms with Crippen LogP contribution in [0.4, 0.5) is 32.0 Å². The number of amides is 1. The van der Waals surface area contributed by atoms with E-state index in [0.29, 0.717) is 24.3 Å². The van der Waals surface area contributed by atoms with E-state index in [9.17, 15) is 45.1 Å². The molecule has 0 saturated heterocycles. The highest BCUT2D eigenvalue weighted by Gasteiger charge is 2.54. The molecule has 1 heterocycles. The number of hydrogen-bond donors (Lipinski definition) is 2. The lowest BCUT2D eigenvalue weighted by atomic mass is 9.84. The van der Waals surface area contributed by atoms with E-state index in [4.69, 9.17) is 14.6 Å². The zero-order valence-corrected chi connectivity index (χ0v) is 28.8. The third kappa shape index (κ3) is 9.13. The van der Waals surface area contributed by atoms with E-state index in [0.717, 1.165) is 0 Å². The predicted octanol–water partition coefficient (Wildman–Crippen LogP) is 7.86. The first-order valence-electron chi connectivity index (χ1n) is 16.2.